The number of esters is 1. The van der Waals surface area contributed by atoms with Gasteiger partial charge in [-0.1, -0.05) is 66.2 Å². The molecule has 8 heteroatoms. The zero-order valence-corrected chi connectivity index (χ0v) is 21.4. The Morgan fingerprint density at radius 2 is 1.49 bits per heavy atom. The first-order chi connectivity index (χ1) is 18.7. The van der Waals surface area contributed by atoms with Crippen molar-refractivity contribution in [3.63, 3.8) is 0 Å². The number of anilines is 1. The topological polar surface area (TPSA) is 46.6 Å². The van der Waals surface area contributed by atoms with Gasteiger partial charge >= 0.3 is 12.1 Å². The van der Waals surface area contributed by atoms with Crippen LogP contribution in [0.15, 0.2) is 97.1 Å². The van der Waals surface area contributed by atoms with E-state index in [0.29, 0.717) is 49.7 Å². The summed E-state index contributed by atoms with van der Waals surface area (Å²) >= 11 is 6.11. The van der Waals surface area contributed by atoms with Gasteiger partial charge in [0.2, 0.25) is 0 Å². The zero-order chi connectivity index (χ0) is 27.7. The second-order valence-corrected chi connectivity index (χ2v) is 9.37. The van der Waals surface area contributed by atoms with Gasteiger partial charge in [-0.25, -0.2) is 4.79 Å². The first kappa shape index (κ1) is 26.3. The highest BCUT2D eigenvalue weighted by molar-refractivity contribution is 6.39. The Morgan fingerprint density at radius 1 is 0.846 bits per heavy atom. The summed E-state index contributed by atoms with van der Waals surface area (Å²) in [5.74, 6) is -0.803. The quantitative estimate of drug-likeness (QED) is 0.190. The summed E-state index contributed by atoms with van der Waals surface area (Å²) in [6.45, 7) is 0.172. The zero-order valence-electron chi connectivity index (χ0n) is 20.6. The molecular formula is C31H21ClF3NO3. The molecule has 0 N–H and O–H groups in total. The lowest BCUT2D eigenvalue weighted by Crippen LogP contribution is -2.26. The minimum absolute atomic E-state index is 0.172. The standard InChI is InChI=1S/C31H21ClF3NO3/c1-39-30(38)22-6-4-5-19(17-22)18-36-26-8-3-2-7-25(26)28(29(36)37)27(21-11-15-24(32)16-12-21)20-9-13-23(14-10-20)31(33,34)35/h2-17H,18H2,1H3. The molecule has 4 nitrogen and oxygen atoms in total. The van der Waals surface area contributed by atoms with Crippen molar-refractivity contribution in [3.8, 4) is 0 Å². The molecular weight excluding hydrogens is 527 g/mol. The summed E-state index contributed by atoms with van der Waals surface area (Å²) in [5.41, 5.74) is 3.53. The van der Waals surface area contributed by atoms with E-state index in [-0.39, 0.29) is 12.5 Å². The van der Waals surface area contributed by atoms with E-state index in [1.165, 1.54) is 19.2 Å². The molecule has 1 amide bonds. The van der Waals surface area contributed by atoms with Crippen molar-refractivity contribution in [1.29, 1.82) is 0 Å². The molecule has 0 aliphatic carbocycles. The van der Waals surface area contributed by atoms with Crippen LogP contribution in [0.1, 0.15) is 38.2 Å². The minimum atomic E-state index is -4.49. The fraction of sp³-hybridized carbons (Fsp3) is 0.0968. The first-order valence-corrected chi connectivity index (χ1v) is 12.3. The van der Waals surface area contributed by atoms with E-state index in [9.17, 15) is 22.8 Å². The summed E-state index contributed by atoms with van der Waals surface area (Å²) in [6, 6.07) is 25.6. The van der Waals surface area contributed by atoms with E-state index in [1.807, 2.05) is 18.2 Å². The number of nitrogens with zero attached hydrogens (tertiary/aromatic N) is 1. The Morgan fingerprint density at radius 3 is 2.13 bits per heavy atom. The van der Waals surface area contributed by atoms with Gasteiger partial charge in [-0.15, -0.1) is 0 Å². The molecule has 39 heavy (non-hydrogen) atoms. The Balaban J connectivity index is 1.67. The van der Waals surface area contributed by atoms with E-state index in [2.05, 4.69) is 0 Å². The molecule has 1 heterocycles. The number of para-hydroxylation sites is 1. The number of rotatable bonds is 5. The molecule has 0 radical (unpaired) electrons. The number of carbonyl (C=O) groups is 2. The molecule has 0 fully saturated rings. The monoisotopic (exact) mass is 547 g/mol. The molecule has 0 atom stereocenters. The molecule has 0 bridgehead atoms. The normalized spacial score (nSPS) is 14.3. The fourth-order valence-corrected chi connectivity index (χ4v) is 4.80. The van der Waals surface area contributed by atoms with Gasteiger partial charge in [0.05, 0.1) is 36.0 Å². The van der Waals surface area contributed by atoms with Crippen LogP contribution >= 0.6 is 11.6 Å². The predicted octanol–water partition coefficient (Wildman–Crippen LogP) is 7.65. The summed E-state index contributed by atoms with van der Waals surface area (Å²) in [4.78, 5) is 27.7. The predicted molar refractivity (Wildman–Crippen MR) is 144 cm³/mol. The maximum atomic E-state index is 14.1. The summed E-state index contributed by atoms with van der Waals surface area (Å²) in [5, 5.41) is 0.487. The van der Waals surface area contributed by atoms with Gasteiger partial charge in [0.1, 0.15) is 0 Å². The Hall–Kier alpha value is -4.36. The summed E-state index contributed by atoms with van der Waals surface area (Å²) < 4.78 is 44.7. The molecule has 0 unspecified atom stereocenters. The number of ether oxygens (including phenoxy) is 1. The molecule has 4 aromatic carbocycles. The van der Waals surface area contributed by atoms with E-state index >= 15 is 0 Å². The van der Waals surface area contributed by atoms with Crippen molar-refractivity contribution >= 4 is 40.3 Å². The van der Waals surface area contributed by atoms with Crippen molar-refractivity contribution in [2.45, 2.75) is 12.7 Å². The largest absolute Gasteiger partial charge is 0.465 e. The van der Waals surface area contributed by atoms with Crippen LogP contribution in [0.3, 0.4) is 0 Å². The van der Waals surface area contributed by atoms with Gasteiger partial charge in [-0.05, 0) is 59.2 Å². The lowest BCUT2D eigenvalue weighted by Gasteiger charge is -2.18. The Bertz CT molecular complexity index is 1590. The molecule has 0 saturated carbocycles. The number of halogens is 4. The van der Waals surface area contributed by atoms with Crippen molar-refractivity contribution in [2.75, 3.05) is 12.0 Å². The third-order valence-corrected chi connectivity index (χ3v) is 6.75. The average Bonchev–Trinajstić information content (AvgIpc) is 3.20. The lowest BCUT2D eigenvalue weighted by atomic mass is 9.89. The number of hydrogen-bond acceptors (Lipinski definition) is 3. The lowest BCUT2D eigenvalue weighted by molar-refractivity contribution is -0.137. The highest BCUT2D eigenvalue weighted by Crippen LogP contribution is 2.44. The van der Waals surface area contributed by atoms with Crippen LogP contribution in [0.2, 0.25) is 5.02 Å². The number of benzene rings is 4. The second kappa shape index (κ2) is 10.4. The van der Waals surface area contributed by atoms with Crippen LogP contribution in [-0.4, -0.2) is 19.0 Å². The van der Waals surface area contributed by atoms with Crippen molar-refractivity contribution in [3.05, 3.63) is 135 Å². The number of hydrogen-bond donors (Lipinski definition) is 0. The Kier molecular flexibility index (Phi) is 7.02. The van der Waals surface area contributed by atoms with Crippen LogP contribution in [-0.2, 0) is 22.3 Å². The summed E-state index contributed by atoms with van der Waals surface area (Å²) in [7, 11) is 1.30. The van der Waals surface area contributed by atoms with Gasteiger partial charge in [0.25, 0.3) is 5.91 Å². The molecule has 196 valence electrons. The summed E-state index contributed by atoms with van der Waals surface area (Å²) in [6.07, 6.45) is -4.49. The van der Waals surface area contributed by atoms with Crippen LogP contribution in [0, 0.1) is 0 Å². The van der Waals surface area contributed by atoms with Gasteiger partial charge in [0, 0.05) is 16.2 Å². The molecule has 0 spiro atoms. The van der Waals surface area contributed by atoms with Crippen LogP contribution in [0.5, 0.6) is 0 Å². The van der Waals surface area contributed by atoms with Crippen molar-refractivity contribution < 1.29 is 27.5 Å². The number of amides is 1. The third kappa shape index (κ3) is 5.18. The molecule has 4 aromatic rings. The van der Waals surface area contributed by atoms with Crippen LogP contribution in [0.25, 0.3) is 11.1 Å². The SMILES string of the molecule is COC(=O)c1cccc(CN2C(=O)C(=C(c3ccc(Cl)cc3)c3ccc(C(F)(F)F)cc3)c3ccccc32)c1. The van der Waals surface area contributed by atoms with E-state index in [0.717, 1.165) is 12.1 Å². The molecule has 1 aliphatic heterocycles. The minimum Gasteiger partial charge on any atom is -0.465 e. The second-order valence-electron chi connectivity index (χ2n) is 8.93. The highest BCUT2D eigenvalue weighted by Gasteiger charge is 2.36. The van der Waals surface area contributed by atoms with Gasteiger partial charge in [-0.3, -0.25) is 4.79 Å². The van der Waals surface area contributed by atoms with Gasteiger partial charge in [0.15, 0.2) is 0 Å². The number of carbonyl (C=O) groups excluding carboxylic acids is 2. The molecule has 0 saturated heterocycles. The maximum Gasteiger partial charge on any atom is 0.416 e. The third-order valence-electron chi connectivity index (χ3n) is 6.50. The fourth-order valence-electron chi connectivity index (χ4n) is 4.67. The number of fused-ring (bicyclic) bond motifs is 1. The van der Waals surface area contributed by atoms with E-state index in [4.69, 9.17) is 16.3 Å². The first-order valence-electron chi connectivity index (χ1n) is 11.9. The van der Waals surface area contributed by atoms with Crippen molar-refractivity contribution in [1.82, 2.24) is 0 Å². The van der Waals surface area contributed by atoms with Crippen LogP contribution < -0.4 is 4.90 Å². The molecule has 1 aliphatic rings. The number of alkyl halides is 3. The van der Waals surface area contributed by atoms with E-state index in [1.54, 1.807) is 59.5 Å². The van der Waals surface area contributed by atoms with Crippen molar-refractivity contribution in [2.24, 2.45) is 0 Å². The smallest absolute Gasteiger partial charge is 0.416 e. The Labute approximate surface area is 227 Å². The molecule has 5 rings (SSSR count). The number of methoxy groups -OCH3 is 1. The average molecular weight is 548 g/mol. The van der Waals surface area contributed by atoms with Gasteiger partial charge in [-0.2, -0.15) is 13.2 Å². The van der Waals surface area contributed by atoms with Gasteiger partial charge < -0.3 is 9.64 Å². The highest BCUT2D eigenvalue weighted by atomic mass is 35.5. The maximum absolute atomic E-state index is 14.1. The van der Waals surface area contributed by atoms with E-state index < -0.39 is 17.7 Å². The molecule has 0 aromatic heterocycles. The van der Waals surface area contributed by atoms with Crippen LogP contribution in [0.4, 0.5) is 18.9 Å².